The highest BCUT2D eigenvalue weighted by molar-refractivity contribution is 14.0. The number of nitrogens with one attached hydrogen (secondary N) is 2. The summed E-state index contributed by atoms with van der Waals surface area (Å²) in [6.07, 6.45) is 11.2. The van der Waals surface area contributed by atoms with Crippen LogP contribution in [0.4, 0.5) is 0 Å². The Bertz CT molecular complexity index is 514. The van der Waals surface area contributed by atoms with Gasteiger partial charge in [-0.15, -0.1) is 34.2 Å². The average Bonchev–Trinajstić information content (AvgIpc) is 2.82. The number of aliphatic imine (C=N–C) groups is 1. The number of hydrogen-bond donors (Lipinski definition) is 2. The van der Waals surface area contributed by atoms with Crippen LogP contribution >= 0.6 is 24.0 Å². The van der Waals surface area contributed by atoms with Crippen LogP contribution in [0.25, 0.3) is 0 Å². The molecule has 1 atom stereocenters. The molecule has 2 heterocycles. The van der Waals surface area contributed by atoms with E-state index in [4.69, 9.17) is 0 Å². The van der Waals surface area contributed by atoms with E-state index in [0.717, 1.165) is 30.6 Å². The molecule has 0 aliphatic carbocycles. The molecule has 7 heteroatoms. The molecule has 0 saturated heterocycles. The molecule has 0 amide bonds. The largest absolute Gasteiger partial charge is 0.354 e. The Morgan fingerprint density at radius 2 is 2.04 bits per heavy atom. The van der Waals surface area contributed by atoms with Crippen molar-refractivity contribution in [2.24, 2.45) is 4.99 Å². The van der Waals surface area contributed by atoms with Gasteiger partial charge in [0.1, 0.15) is 5.82 Å². The predicted octanol–water partition coefficient (Wildman–Crippen LogP) is 3.65. The summed E-state index contributed by atoms with van der Waals surface area (Å²) < 4.78 is 2.28. The lowest BCUT2D eigenvalue weighted by Crippen LogP contribution is -2.42. The van der Waals surface area contributed by atoms with Crippen LogP contribution in [0.5, 0.6) is 0 Å². The van der Waals surface area contributed by atoms with E-state index >= 15 is 0 Å². The number of rotatable bonds is 8. The van der Waals surface area contributed by atoms with Gasteiger partial charge in [0.2, 0.25) is 0 Å². The van der Waals surface area contributed by atoms with Crippen molar-refractivity contribution in [1.29, 1.82) is 0 Å². The van der Waals surface area contributed by atoms with Crippen LogP contribution in [0.3, 0.4) is 0 Å². The molecule has 0 radical (unpaired) electrons. The standard InChI is InChI=1S/C18H34N6.HI/c1-4-5-6-8-11-15(2)21-18(19-3)20-14-17-23-22-16-12-9-7-10-13-24(16)17;/h15H,4-14H2,1-3H3,(H2,19,20,21);1H. The SMILES string of the molecule is CCCCCCC(C)NC(=NC)NCc1nnc2n1CCCCC2.I. The van der Waals surface area contributed by atoms with E-state index in [1.54, 1.807) is 0 Å². The fourth-order valence-electron chi connectivity index (χ4n) is 3.22. The van der Waals surface area contributed by atoms with Gasteiger partial charge < -0.3 is 15.2 Å². The number of unbranched alkanes of at least 4 members (excludes halogenated alkanes) is 3. The molecule has 0 aromatic carbocycles. The first-order valence-corrected chi connectivity index (χ1v) is 9.62. The summed E-state index contributed by atoms with van der Waals surface area (Å²) in [6, 6.07) is 0.434. The Hall–Kier alpha value is -0.860. The van der Waals surface area contributed by atoms with E-state index in [1.165, 1.54) is 51.4 Å². The molecule has 144 valence electrons. The number of nitrogens with zero attached hydrogens (tertiary/aromatic N) is 4. The second-order valence-electron chi connectivity index (χ2n) is 6.82. The van der Waals surface area contributed by atoms with Gasteiger partial charge in [0.05, 0.1) is 6.54 Å². The highest BCUT2D eigenvalue weighted by Crippen LogP contribution is 2.14. The van der Waals surface area contributed by atoms with E-state index in [2.05, 4.69) is 44.2 Å². The molecule has 2 N–H and O–H groups in total. The van der Waals surface area contributed by atoms with E-state index in [0.29, 0.717) is 12.6 Å². The molecule has 1 aromatic heterocycles. The molecule has 1 unspecified atom stereocenters. The van der Waals surface area contributed by atoms with Crippen LogP contribution in [0.1, 0.15) is 76.9 Å². The molecular formula is C18H35IN6. The Labute approximate surface area is 169 Å². The Morgan fingerprint density at radius 3 is 2.80 bits per heavy atom. The summed E-state index contributed by atoms with van der Waals surface area (Å²) in [5.41, 5.74) is 0. The summed E-state index contributed by atoms with van der Waals surface area (Å²) in [6.45, 7) is 6.19. The van der Waals surface area contributed by atoms with Crippen LogP contribution in [-0.4, -0.2) is 33.8 Å². The maximum Gasteiger partial charge on any atom is 0.191 e. The Kier molecular flexibility index (Phi) is 11.1. The molecule has 0 fully saturated rings. The second kappa shape index (κ2) is 12.5. The minimum atomic E-state index is 0. The van der Waals surface area contributed by atoms with E-state index < -0.39 is 0 Å². The Balaban J connectivity index is 0.00000312. The quantitative estimate of drug-likeness (QED) is 0.268. The predicted molar refractivity (Wildman–Crippen MR) is 115 cm³/mol. The lowest BCUT2D eigenvalue weighted by molar-refractivity contribution is 0.534. The van der Waals surface area contributed by atoms with Crippen LogP contribution in [0.15, 0.2) is 4.99 Å². The van der Waals surface area contributed by atoms with Gasteiger partial charge in [0, 0.05) is 26.1 Å². The first kappa shape index (κ1) is 22.2. The molecule has 0 spiro atoms. The van der Waals surface area contributed by atoms with Crippen LogP contribution < -0.4 is 10.6 Å². The zero-order chi connectivity index (χ0) is 17.2. The van der Waals surface area contributed by atoms with Crippen molar-refractivity contribution < 1.29 is 0 Å². The minimum Gasteiger partial charge on any atom is -0.354 e. The zero-order valence-corrected chi connectivity index (χ0v) is 18.4. The molecule has 1 aliphatic rings. The van der Waals surface area contributed by atoms with Gasteiger partial charge in [-0.1, -0.05) is 39.0 Å². The van der Waals surface area contributed by atoms with Gasteiger partial charge in [-0.3, -0.25) is 4.99 Å². The summed E-state index contributed by atoms with van der Waals surface area (Å²) in [5, 5.41) is 15.6. The zero-order valence-electron chi connectivity index (χ0n) is 16.1. The third kappa shape index (κ3) is 7.50. The summed E-state index contributed by atoms with van der Waals surface area (Å²) in [7, 11) is 1.82. The van der Waals surface area contributed by atoms with E-state index in [9.17, 15) is 0 Å². The van der Waals surface area contributed by atoms with Gasteiger partial charge in [0.25, 0.3) is 0 Å². The Morgan fingerprint density at radius 1 is 1.20 bits per heavy atom. The fourth-order valence-corrected chi connectivity index (χ4v) is 3.22. The van der Waals surface area contributed by atoms with Crippen molar-refractivity contribution in [1.82, 2.24) is 25.4 Å². The molecule has 2 rings (SSSR count). The van der Waals surface area contributed by atoms with Crippen molar-refractivity contribution >= 4 is 29.9 Å². The van der Waals surface area contributed by atoms with Crippen molar-refractivity contribution in [3.05, 3.63) is 11.6 Å². The maximum absolute atomic E-state index is 4.36. The van der Waals surface area contributed by atoms with Gasteiger partial charge in [-0.2, -0.15) is 0 Å². The fraction of sp³-hybridized carbons (Fsp3) is 0.833. The van der Waals surface area contributed by atoms with Gasteiger partial charge in [0.15, 0.2) is 11.8 Å². The van der Waals surface area contributed by atoms with Crippen molar-refractivity contribution in [2.75, 3.05) is 7.05 Å². The van der Waals surface area contributed by atoms with Crippen LogP contribution in [0, 0.1) is 0 Å². The smallest absolute Gasteiger partial charge is 0.191 e. The lowest BCUT2D eigenvalue weighted by atomic mass is 10.1. The van der Waals surface area contributed by atoms with Crippen molar-refractivity contribution in [3.8, 4) is 0 Å². The lowest BCUT2D eigenvalue weighted by Gasteiger charge is -2.18. The first-order valence-electron chi connectivity index (χ1n) is 9.62. The highest BCUT2D eigenvalue weighted by Gasteiger charge is 2.15. The first-order chi connectivity index (χ1) is 11.7. The molecule has 1 aliphatic heterocycles. The third-order valence-electron chi connectivity index (χ3n) is 4.70. The normalized spacial score (nSPS) is 15.7. The number of halogens is 1. The van der Waals surface area contributed by atoms with Crippen LogP contribution in [0.2, 0.25) is 0 Å². The molecule has 0 saturated carbocycles. The number of hydrogen-bond acceptors (Lipinski definition) is 3. The average molecular weight is 462 g/mol. The number of guanidine groups is 1. The minimum absolute atomic E-state index is 0. The molecule has 0 bridgehead atoms. The monoisotopic (exact) mass is 462 g/mol. The highest BCUT2D eigenvalue weighted by atomic mass is 127. The number of aromatic nitrogens is 3. The maximum atomic E-state index is 4.36. The van der Waals surface area contributed by atoms with Gasteiger partial charge in [-0.25, -0.2) is 0 Å². The number of aryl methyl sites for hydroxylation is 1. The van der Waals surface area contributed by atoms with Gasteiger partial charge in [-0.05, 0) is 26.2 Å². The van der Waals surface area contributed by atoms with Crippen molar-refractivity contribution in [2.45, 2.75) is 90.8 Å². The second-order valence-corrected chi connectivity index (χ2v) is 6.82. The summed E-state index contributed by atoms with van der Waals surface area (Å²) >= 11 is 0. The molecule has 25 heavy (non-hydrogen) atoms. The van der Waals surface area contributed by atoms with E-state index in [-0.39, 0.29) is 24.0 Å². The molecule has 1 aromatic rings. The third-order valence-corrected chi connectivity index (χ3v) is 4.70. The van der Waals surface area contributed by atoms with Gasteiger partial charge >= 0.3 is 0 Å². The van der Waals surface area contributed by atoms with Crippen LogP contribution in [-0.2, 0) is 19.5 Å². The van der Waals surface area contributed by atoms with E-state index in [1.807, 2.05) is 7.05 Å². The van der Waals surface area contributed by atoms with Crippen molar-refractivity contribution in [3.63, 3.8) is 0 Å². The summed E-state index contributed by atoms with van der Waals surface area (Å²) in [4.78, 5) is 4.34. The number of fused-ring (bicyclic) bond motifs is 1. The molecule has 6 nitrogen and oxygen atoms in total. The topological polar surface area (TPSA) is 67.1 Å². The summed E-state index contributed by atoms with van der Waals surface area (Å²) in [5.74, 6) is 3.01. The molecular weight excluding hydrogens is 427 g/mol.